The molecule has 0 atom stereocenters. The van der Waals surface area contributed by atoms with Crippen molar-refractivity contribution in [2.45, 2.75) is 6.42 Å². The number of halogens is 1. The predicted octanol–water partition coefficient (Wildman–Crippen LogP) is 3.63. The van der Waals surface area contributed by atoms with Crippen LogP contribution in [0.1, 0.15) is 5.56 Å². The summed E-state index contributed by atoms with van der Waals surface area (Å²) in [6, 6.07) is 11.7. The molecule has 0 saturated carbocycles. The van der Waals surface area contributed by atoms with Gasteiger partial charge in [0.15, 0.2) is 6.61 Å². The molecule has 0 radical (unpaired) electrons. The lowest BCUT2D eigenvalue weighted by molar-refractivity contribution is -0.146. The minimum atomic E-state index is -0.540. The Kier molecular flexibility index (Phi) is 5.04. The molecule has 0 aliphatic carbocycles. The molecule has 25 heavy (non-hydrogen) atoms. The van der Waals surface area contributed by atoms with Crippen LogP contribution in [0.5, 0.6) is 5.75 Å². The molecule has 0 aliphatic heterocycles. The fourth-order valence-electron chi connectivity index (χ4n) is 2.29. The summed E-state index contributed by atoms with van der Waals surface area (Å²) in [5, 5.41) is 12.8. The van der Waals surface area contributed by atoms with E-state index in [0.717, 1.165) is 4.47 Å². The number of rotatable bonds is 5. The van der Waals surface area contributed by atoms with E-state index in [2.05, 4.69) is 21.2 Å². The van der Waals surface area contributed by atoms with Crippen LogP contribution in [0.2, 0.25) is 0 Å². The van der Waals surface area contributed by atoms with Gasteiger partial charge in [0, 0.05) is 27.2 Å². The molecule has 1 amide bonds. The van der Waals surface area contributed by atoms with Crippen molar-refractivity contribution in [2.24, 2.45) is 0 Å². The second kappa shape index (κ2) is 7.40. The highest BCUT2D eigenvalue weighted by Crippen LogP contribution is 2.25. The Balaban J connectivity index is 1.53. The Bertz CT molecular complexity index is 917. The van der Waals surface area contributed by atoms with E-state index in [1.54, 1.807) is 30.3 Å². The number of hydrogen-bond acceptors (Lipinski definition) is 5. The first kappa shape index (κ1) is 17.0. The molecule has 2 N–H and O–H groups in total. The molecule has 7 heteroatoms. The van der Waals surface area contributed by atoms with E-state index in [9.17, 15) is 14.7 Å². The third-order valence-corrected chi connectivity index (χ3v) is 3.99. The Morgan fingerprint density at radius 1 is 1.16 bits per heavy atom. The predicted molar refractivity (Wildman–Crippen MR) is 95.3 cm³/mol. The number of aromatic hydroxyl groups is 1. The number of ether oxygens (including phenoxy) is 1. The van der Waals surface area contributed by atoms with E-state index in [1.807, 2.05) is 0 Å². The summed E-state index contributed by atoms with van der Waals surface area (Å²) >= 11 is 3.31. The van der Waals surface area contributed by atoms with Crippen LogP contribution >= 0.6 is 15.9 Å². The second-order valence-electron chi connectivity index (χ2n) is 5.33. The summed E-state index contributed by atoms with van der Waals surface area (Å²) in [7, 11) is 0. The molecule has 2 aromatic carbocycles. The number of hydrogen-bond donors (Lipinski definition) is 2. The van der Waals surface area contributed by atoms with Gasteiger partial charge in [-0.3, -0.25) is 9.59 Å². The number of carbonyl (C=O) groups is 2. The second-order valence-corrected chi connectivity index (χ2v) is 6.25. The molecule has 0 bridgehead atoms. The summed E-state index contributed by atoms with van der Waals surface area (Å²) in [5.41, 5.74) is 1.73. The third-order valence-electron chi connectivity index (χ3n) is 3.47. The van der Waals surface area contributed by atoms with E-state index in [-0.39, 0.29) is 18.8 Å². The number of esters is 1. The zero-order valence-electron chi connectivity index (χ0n) is 13.0. The normalized spacial score (nSPS) is 10.6. The molecule has 0 unspecified atom stereocenters. The quantitative estimate of drug-likeness (QED) is 0.635. The average molecular weight is 404 g/mol. The maximum Gasteiger partial charge on any atom is 0.310 e. The van der Waals surface area contributed by atoms with Crippen molar-refractivity contribution in [3.05, 3.63) is 58.8 Å². The summed E-state index contributed by atoms with van der Waals surface area (Å²) in [6.45, 7) is -0.370. The Morgan fingerprint density at radius 2 is 1.92 bits per heavy atom. The van der Waals surface area contributed by atoms with Crippen LogP contribution < -0.4 is 5.32 Å². The zero-order valence-corrected chi connectivity index (χ0v) is 14.6. The van der Waals surface area contributed by atoms with Gasteiger partial charge in [-0.25, -0.2) is 0 Å². The summed E-state index contributed by atoms with van der Waals surface area (Å²) < 4.78 is 11.2. The van der Waals surface area contributed by atoms with E-state index in [1.165, 1.54) is 18.4 Å². The fourth-order valence-corrected chi connectivity index (χ4v) is 2.56. The summed E-state index contributed by atoms with van der Waals surface area (Å²) in [6.07, 6.45) is 1.41. The minimum absolute atomic E-state index is 0.0245. The number of fused-ring (bicyclic) bond motifs is 1. The molecule has 1 aromatic heterocycles. The molecule has 1 heterocycles. The van der Waals surface area contributed by atoms with Crippen LogP contribution in [0.15, 0.2) is 57.6 Å². The first-order valence-electron chi connectivity index (χ1n) is 7.41. The van der Waals surface area contributed by atoms with Crippen LogP contribution in [0.4, 0.5) is 5.69 Å². The molecule has 6 nitrogen and oxygen atoms in total. The lowest BCUT2D eigenvalue weighted by Gasteiger charge is -2.06. The van der Waals surface area contributed by atoms with E-state index in [4.69, 9.17) is 9.15 Å². The average Bonchev–Trinajstić information content (AvgIpc) is 2.97. The highest BCUT2D eigenvalue weighted by Gasteiger charge is 2.13. The van der Waals surface area contributed by atoms with Crippen LogP contribution in [-0.2, 0) is 20.7 Å². The van der Waals surface area contributed by atoms with Crippen molar-refractivity contribution >= 4 is 44.5 Å². The molecule has 3 aromatic rings. The van der Waals surface area contributed by atoms with Gasteiger partial charge in [0.2, 0.25) is 0 Å². The van der Waals surface area contributed by atoms with Crippen LogP contribution in [0, 0.1) is 0 Å². The Hall–Kier alpha value is -2.80. The van der Waals surface area contributed by atoms with Crippen LogP contribution in [-0.4, -0.2) is 23.6 Å². The van der Waals surface area contributed by atoms with Crippen molar-refractivity contribution in [3.8, 4) is 5.75 Å². The van der Waals surface area contributed by atoms with Gasteiger partial charge in [0.25, 0.3) is 5.91 Å². The Labute approximate surface area is 151 Å². The lowest BCUT2D eigenvalue weighted by Crippen LogP contribution is -2.21. The van der Waals surface area contributed by atoms with E-state index >= 15 is 0 Å². The molecular formula is C18H14BrNO5. The lowest BCUT2D eigenvalue weighted by atomic mass is 10.1. The number of furan rings is 1. The summed E-state index contributed by atoms with van der Waals surface area (Å²) in [4.78, 5) is 23.7. The number of anilines is 1. The molecular weight excluding hydrogens is 390 g/mol. The molecule has 3 rings (SSSR count). The van der Waals surface area contributed by atoms with Crippen LogP contribution in [0.3, 0.4) is 0 Å². The fraction of sp³-hybridized carbons (Fsp3) is 0.111. The minimum Gasteiger partial charge on any atom is -0.508 e. The first-order valence-corrected chi connectivity index (χ1v) is 8.21. The number of benzene rings is 2. The van der Waals surface area contributed by atoms with Gasteiger partial charge in [-0.05, 0) is 36.4 Å². The zero-order chi connectivity index (χ0) is 17.8. The highest BCUT2D eigenvalue weighted by atomic mass is 79.9. The van der Waals surface area contributed by atoms with Gasteiger partial charge in [-0.2, -0.15) is 0 Å². The van der Waals surface area contributed by atoms with Crippen molar-refractivity contribution in [1.29, 1.82) is 0 Å². The largest absolute Gasteiger partial charge is 0.508 e. The molecule has 0 spiro atoms. The van der Waals surface area contributed by atoms with Crippen molar-refractivity contribution in [2.75, 3.05) is 11.9 Å². The maximum atomic E-state index is 11.9. The maximum absolute atomic E-state index is 11.9. The molecule has 0 fully saturated rings. The third kappa shape index (κ3) is 4.39. The molecule has 0 aliphatic rings. The highest BCUT2D eigenvalue weighted by molar-refractivity contribution is 9.10. The number of phenols is 1. The standard InChI is InChI=1S/C18H14BrNO5/c19-12-1-3-13(4-2-12)20-17(22)10-25-18(23)7-11-9-24-16-8-14(21)5-6-15(11)16/h1-6,8-9,21H,7,10H2,(H,20,22). The molecule has 128 valence electrons. The van der Waals surface area contributed by atoms with E-state index < -0.39 is 11.9 Å². The topological polar surface area (TPSA) is 88.8 Å². The van der Waals surface area contributed by atoms with Gasteiger partial charge in [-0.1, -0.05) is 15.9 Å². The van der Waals surface area contributed by atoms with Gasteiger partial charge in [0.05, 0.1) is 12.7 Å². The van der Waals surface area contributed by atoms with Gasteiger partial charge in [0.1, 0.15) is 11.3 Å². The number of nitrogens with one attached hydrogen (secondary N) is 1. The number of phenolic OH excluding ortho intramolecular Hbond substituents is 1. The van der Waals surface area contributed by atoms with E-state index in [0.29, 0.717) is 22.2 Å². The smallest absolute Gasteiger partial charge is 0.310 e. The van der Waals surface area contributed by atoms with Crippen molar-refractivity contribution in [3.63, 3.8) is 0 Å². The van der Waals surface area contributed by atoms with Crippen LogP contribution in [0.25, 0.3) is 11.0 Å². The molecule has 0 saturated heterocycles. The number of amides is 1. The SMILES string of the molecule is O=C(COC(=O)Cc1coc2cc(O)ccc12)Nc1ccc(Br)cc1. The Morgan fingerprint density at radius 3 is 2.68 bits per heavy atom. The number of carbonyl (C=O) groups excluding carboxylic acids is 2. The van der Waals surface area contributed by atoms with Gasteiger partial charge < -0.3 is 19.6 Å². The van der Waals surface area contributed by atoms with Crippen molar-refractivity contribution in [1.82, 2.24) is 0 Å². The summed E-state index contributed by atoms with van der Waals surface area (Å²) in [5.74, 6) is -0.875. The van der Waals surface area contributed by atoms with Crippen molar-refractivity contribution < 1.29 is 23.8 Å². The van der Waals surface area contributed by atoms with Gasteiger partial charge in [-0.15, -0.1) is 0 Å². The monoisotopic (exact) mass is 403 g/mol. The first-order chi connectivity index (χ1) is 12.0. The van der Waals surface area contributed by atoms with Gasteiger partial charge >= 0.3 is 5.97 Å².